The molecule has 2 heterocycles. The lowest BCUT2D eigenvalue weighted by atomic mass is 10.3. The number of carbonyl (C=O) groups excluding carboxylic acids is 2. The molecule has 1 fully saturated rings. The Labute approximate surface area is 122 Å². The number of amides is 2. The van der Waals surface area contributed by atoms with E-state index >= 15 is 0 Å². The average molecular weight is 286 g/mol. The summed E-state index contributed by atoms with van der Waals surface area (Å²) in [5.41, 5.74) is 0.942. The Morgan fingerprint density at radius 2 is 2.14 bits per heavy atom. The molecule has 2 aromatic heterocycles. The fraction of sp³-hybridized carbons (Fsp3) is 0.400. The van der Waals surface area contributed by atoms with Gasteiger partial charge in [-0.05, 0) is 31.4 Å². The van der Waals surface area contributed by atoms with Crippen molar-refractivity contribution in [2.45, 2.75) is 32.2 Å². The monoisotopic (exact) mass is 286 g/mol. The zero-order valence-corrected chi connectivity index (χ0v) is 11.9. The third-order valence-corrected chi connectivity index (χ3v) is 3.41. The molecule has 2 aromatic rings. The van der Waals surface area contributed by atoms with E-state index in [9.17, 15) is 9.59 Å². The normalized spacial score (nSPS) is 14.1. The van der Waals surface area contributed by atoms with E-state index in [2.05, 4.69) is 15.6 Å². The van der Waals surface area contributed by atoms with Gasteiger partial charge in [-0.2, -0.15) is 0 Å². The van der Waals surface area contributed by atoms with Crippen LogP contribution in [0.5, 0.6) is 0 Å². The van der Waals surface area contributed by atoms with Gasteiger partial charge in [0.2, 0.25) is 5.82 Å². The number of rotatable bonds is 5. The van der Waals surface area contributed by atoms with Gasteiger partial charge < -0.3 is 10.6 Å². The standard InChI is InChI=1S/C15H18N4O2/c1-2-8-16-14(20)12-11-5-3-4-9-19(11)13(18-12)15(21)17-10-6-7-10/h3-5,9-10H,2,6-8H2,1H3,(H,16,20)(H,17,21). The SMILES string of the molecule is CCCNC(=O)c1nc(C(=O)NC2CC2)n2ccccc12. The molecule has 0 bridgehead atoms. The van der Waals surface area contributed by atoms with Crippen molar-refractivity contribution < 1.29 is 9.59 Å². The van der Waals surface area contributed by atoms with Crippen LogP contribution in [0.15, 0.2) is 24.4 Å². The molecule has 0 radical (unpaired) electrons. The predicted molar refractivity (Wildman–Crippen MR) is 78.3 cm³/mol. The fourth-order valence-electron chi connectivity index (χ4n) is 2.16. The first-order valence-electron chi connectivity index (χ1n) is 7.27. The van der Waals surface area contributed by atoms with E-state index in [1.54, 1.807) is 16.7 Å². The Balaban J connectivity index is 1.96. The van der Waals surface area contributed by atoms with Crippen LogP contribution in [0.2, 0.25) is 0 Å². The van der Waals surface area contributed by atoms with Crippen molar-refractivity contribution in [3.8, 4) is 0 Å². The molecule has 0 atom stereocenters. The third kappa shape index (κ3) is 2.74. The maximum absolute atomic E-state index is 12.2. The lowest BCUT2D eigenvalue weighted by Gasteiger charge is -2.01. The average Bonchev–Trinajstić information content (AvgIpc) is 3.22. The summed E-state index contributed by atoms with van der Waals surface area (Å²) in [6.45, 7) is 2.58. The van der Waals surface area contributed by atoms with E-state index in [-0.39, 0.29) is 23.7 Å². The van der Waals surface area contributed by atoms with Crippen molar-refractivity contribution in [2.24, 2.45) is 0 Å². The molecule has 6 nitrogen and oxygen atoms in total. The number of pyridine rings is 1. The van der Waals surface area contributed by atoms with Crippen LogP contribution >= 0.6 is 0 Å². The van der Waals surface area contributed by atoms with E-state index in [0.29, 0.717) is 17.8 Å². The topological polar surface area (TPSA) is 75.5 Å². The van der Waals surface area contributed by atoms with Crippen LogP contribution in [0.25, 0.3) is 5.52 Å². The third-order valence-electron chi connectivity index (χ3n) is 3.41. The number of hydrogen-bond acceptors (Lipinski definition) is 3. The van der Waals surface area contributed by atoms with Gasteiger partial charge in [-0.1, -0.05) is 13.0 Å². The summed E-state index contributed by atoms with van der Waals surface area (Å²) in [5.74, 6) is -0.210. The molecule has 2 N–H and O–H groups in total. The zero-order chi connectivity index (χ0) is 14.8. The van der Waals surface area contributed by atoms with Gasteiger partial charge in [-0.15, -0.1) is 0 Å². The van der Waals surface area contributed by atoms with E-state index in [1.807, 2.05) is 19.1 Å². The maximum atomic E-state index is 12.2. The highest BCUT2D eigenvalue weighted by atomic mass is 16.2. The highest BCUT2D eigenvalue weighted by Gasteiger charge is 2.27. The van der Waals surface area contributed by atoms with Crippen molar-refractivity contribution in [2.75, 3.05) is 6.54 Å². The van der Waals surface area contributed by atoms with Crippen molar-refractivity contribution in [3.05, 3.63) is 35.9 Å². The number of nitrogens with zero attached hydrogens (tertiary/aromatic N) is 2. The molecule has 110 valence electrons. The Morgan fingerprint density at radius 1 is 1.33 bits per heavy atom. The minimum Gasteiger partial charge on any atom is -0.351 e. The van der Waals surface area contributed by atoms with Crippen LogP contribution in [-0.2, 0) is 0 Å². The highest BCUT2D eigenvalue weighted by molar-refractivity contribution is 6.02. The molecule has 0 unspecified atom stereocenters. The second kappa shape index (κ2) is 5.55. The molecule has 1 aliphatic rings. The first-order chi connectivity index (χ1) is 10.2. The molecule has 0 aromatic carbocycles. The summed E-state index contributed by atoms with van der Waals surface area (Å²) in [6, 6.07) is 5.69. The Morgan fingerprint density at radius 3 is 2.86 bits per heavy atom. The van der Waals surface area contributed by atoms with Crippen molar-refractivity contribution in [3.63, 3.8) is 0 Å². The molecule has 0 spiro atoms. The molecule has 1 aliphatic carbocycles. The first-order valence-corrected chi connectivity index (χ1v) is 7.27. The first kappa shape index (κ1) is 13.6. The maximum Gasteiger partial charge on any atom is 0.287 e. The summed E-state index contributed by atoms with van der Waals surface area (Å²) in [5, 5.41) is 5.70. The van der Waals surface area contributed by atoms with Gasteiger partial charge in [-0.3, -0.25) is 14.0 Å². The van der Waals surface area contributed by atoms with Gasteiger partial charge in [0.15, 0.2) is 5.69 Å². The molecule has 2 amide bonds. The van der Waals surface area contributed by atoms with Crippen LogP contribution in [-0.4, -0.2) is 33.8 Å². The summed E-state index contributed by atoms with van der Waals surface area (Å²) in [4.78, 5) is 28.7. The van der Waals surface area contributed by atoms with Crippen LogP contribution in [0.3, 0.4) is 0 Å². The second-order valence-electron chi connectivity index (χ2n) is 5.24. The molecule has 0 aliphatic heterocycles. The number of aromatic nitrogens is 2. The number of imidazole rings is 1. The molecule has 0 saturated heterocycles. The van der Waals surface area contributed by atoms with Gasteiger partial charge in [0.25, 0.3) is 11.8 Å². The minimum absolute atomic E-state index is 0.228. The van der Waals surface area contributed by atoms with E-state index in [1.165, 1.54) is 0 Å². The number of fused-ring (bicyclic) bond motifs is 1. The Hall–Kier alpha value is -2.37. The lowest BCUT2D eigenvalue weighted by Crippen LogP contribution is -2.28. The van der Waals surface area contributed by atoms with Crippen LogP contribution in [0.1, 0.15) is 47.3 Å². The van der Waals surface area contributed by atoms with Gasteiger partial charge in [0.05, 0.1) is 5.52 Å². The zero-order valence-electron chi connectivity index (χ0n) is 11.9. The molecular weight excluding hydrogens is 268 g/mol. The van der Waals surface area contributed by atoms with E-state index < -0.39 is 0 Å². The molecule has 1 saturated carbocycles. The second-order valence-corrected chi connectivity index (χ2v) is 5.24. The van der Waals surface area contributed by atoms with Gasteiger partial charge in [-0.25, -0.2) is 4.98 Å². The quantitative estimate of drug-likeness (QED) is 0.871. The molecule has 6 heteroatoms. The minimum atomic E-state index is -0.244. The van der Waals surface area contributed by atoms with E-state index in [4.69, 9.17) is 0 Å². The predicted octanol–water partition coefficient (Wildman–Crippen LogP) is 1.37. The lowest BCUT2D eigenvalue weighted by molar-refractivity contribution is 0.0940. The number of nitrogens with one attached hydrogen (secondary N) is 2. The molecule has 3 rings (SSSR count). The molecule has 21 heavy (non-hydrogen) atoms. The van der Waals surface area contributed by atoms with Crippen LogP contribution in [0.4, 0.5) is 0 Å². The summed E-state index contributed by atoms with van der Waals surface area (Å²) < 4.78 is 1.67. The fourth-order valence-corrected chi connectivity index (χ4v) is 2.16. The Kier molecular flexibility index (Phi) is 3.60. The van der Waals surface area contributed by atoms with Crippen molar-refractivity contribution in [1.29, 1.82) is 0 Å². The van der Waals surface area contributed by atoms with Crippen LogP contribution in [0, 0.1) is 0 Å². The summed E-state index contributed by atoms with van der Waals surface area (Å²) in [7, 11) is 0. The Bertz CT molecular complexity index is 688. The number of carbonyl (C=O) groups is 2. The van der Waals surface area contributed by atoms with Crippen LogP contribution < -0.4 is 10.6 Å². The van der Waals surface area contributed by atoms with Gasteiger partial charge >= 0.3 is 0 Å². The smallest absolute Gasteiger partial charge is 0.287 e. The van der Waals surface area contributed by atoms with Crippen molar-refractivity contribution in [1.82, 2.24) is 20.0 Å². The summed E-state index contributed by atoms with van der Waals surface area (Å²) in [6.07, 6.45) is 4.63. The van der Waals surface area contributed by atoms with E-state index in [0.717, 1.165) is 19.3 Å². The largest absolute Gasteiger partial charge is 0.351 e. The van der Waals surface area contributed by atoms with Gasteiger partial charge in [0, 0.05) is 18.8 Å². The summed E-state index contributed by atoms with van der Waals surface area (Å²) >= 11 is 0. The highest BCUT2D eigenvalue weighted by Crippen LogP contribution is 2.20. The number of hydrogen-bond donors (Lipinski definition) is 2. The molecular formula is C15H18N4O2. The van der Waals surface area contributed by atoms with Gasteiger partial charge in [0.1, 0.15) is 0 Å². The van der Waals surface area contributed by atoms with Crippen molar-refractivity contribution >= 4 is 17.3 Å².